The van der Waals surface area contributed by atoms with Crippen molar-refractivity contribution in [2.45, 2.75) is 33.4 Å². The van der Waals surface area contributed by atoms with Gasteiger partial charge in [0.15, 0.2) is 0 Å². The van der Waals surface area contributed by atoms with E-state index in [9.17, 15) is 9.59 Å². The minimum atomic E-state index is -0.590. The molecule has 0 aromatic heterocycles. The molecular formula is C19H20N2O2. The Hall–Kier alpha value is -2.62. The van der Waals surface area contributed by atoms with Crippen molar-refractivity contribution in [3.8, 4) is 0 Å². The van der Waals surface area contributed by atoms with E-state index in [1.54, 1.807) is 4.90 Å². The van der Waals surface area contributed by atoms with Gasteiger partial charge in [0.1, 0.15) is 6.04 Å². The van der Waals surface area contributed by atoms with Crippen LogP contribution in [0.15, 0.2) is 42.5 Å². The third-order valence-corrected chi connectivity index (χ3v) is 4.17. The van der Waals surface area contributed by atoms with Gasteiger partial charge in [-0.25, -0.2) is 0 Å². The van der Waals surface area contributed by atoms with E-state index in [1.807, 2.05) is 56.3 Å². The normalized spacial score (nSPS) is 16.4. The van der Waals surface area contributed by atoms with Crippen LogP contribution in [0.4, 0.5) is 5.69 Å². The van der Waals surface area contributed by atoms with Crippen LogP contribution >= 0.6 is 0 Å². The lowest BCUT2D eigenvalue weighted by atomic mass is 10.0. The second kappa shape index (κ2) is 5.88. The number of aryl methyl sites for hydroxylation is 2. The van der Waals surface area contributed by atoms with Gasteiger partial charge in [0.05, 0.1) is 12.2 Å². The summed E-state index contributed by atoms with van der Waals surface area (Å²) in [6.07, 6.45) is 0. The smallest absolute Gasteiger partial charge is 0.254 e. The summed E-state index contributed by atoms with van der Waals surface area (Å²) in [5.41, 5.74) is 5.08. The van der Waals surface area contributed by atoms with Crippen LogP contribution in [0, 0.1) is 13.8 Å². The number of anilines is 1. The standard InChI is InChI=1S/C19H20N2O2/c1-12-7-9-15(10-8-12)11-21-18-13(2)5-4-6-16(18)17(19(21)23)20-14(3)22/h4-10,17H,11H2,1-3H3,(H,20,22)/t17-/m1/s1. The zero-order valence-electron chi connectivity index (χ0n) is 13.6. The molecule has 0 fully saturated rings. The summed E-state index contributed by atoms with van der Waals surface area (Å²) < 4.78 is 0. The largest absolute Gasteiger partial charge is 0.341 e. The van der Waals surface area contributed by atoms with Gasteiger partial charge in [0, 0.05) is 12.5 Å². The van der Waals surface area contributed by atoms with Crippen molar-refractivity contribution in [2.75, 3.05) is 4.90 Å². The van der Waals surface area contributed by atoms with E-state index in [0.717, 1.165) is 22.4 Å². The molecular weight excluding hydrogens is 288 g/mol. The van der Waals surface area contributed by atoms with E-state index >= 15 is 0 Å². The summed E-state index contributed by atoms with van der Waals surface area (Å²) >= 11 is 0. The fraction of sp³-hybridized carbons (Fsp3) is 0.263. The first-order chi connectivity index (χ1) is 11.0. The minimum absolute atomic E-state index is 0.0786. The van der Waals surface area contributed by atoms with Crippen LogP contribution in [-0.4, -0.2) is 11.8 Å². The number of nitrogens with zero attached hydrogens (tertiary/aromatic N) is 1. The molecule has 1 aliphatic rings. The fourth-order valence-corrected chi connectivity index (χ4v) is 3.06. The van der Waals surface area contributed by atoms with Gasteiger partial charge in [0.25, 0.3) is 5.91 Å². The monoisotopic (exact) mass is 308 g/mol. The van der Waals surface area contributed by atoms with Gasteiger partial charge in [-0.1, -0.05) is 48.0 Å². The lowest BCUT2D eigenvalue weighted by molar-refractivity contribution is -0.126. The Balaban J connectivity index is 1.99. The van der Waals surface area contributed by atoms with Gasteiger partial charge < -0.3 is 10.2 Å². The van der Waals surface area contributed by atoms with Crippen LogP contribution in [0.3, 0.4) is 0 Å². The zero-order chi connectivity index (χ0) is 16.6. The molecule has 0 aliphatic carbocycles. The molecule has 4 nitrogen and oxygen atoms in total. The maximum Gasteiger partial charge on any atom is 0.254 e. The van der Waals surface area contributed by atoms with E-state index in [4.69, 9.17) is 0 Å². The molecule has 0 unspecified atom stereocenters. The van der Waals surface area contributed by atoms with Gasteiger partial charge in [-0.15, -0.1) is 0 Å². The first-order valence-electron chi connectivity index (χ1n) is 7.71. The molecule has 2 amide bonds. The number of fused-ring (bicyclic) bond motifs is 1. The average molecular weight is 308 g/mol. The van der Waals surface area contributed by atoms with E-state index in [2.05, 4.69) is 5.32 Å². The Labute approximate surface area is 136 Å². The van der Waals surface area contributed by atoms with Crippen LogP contribution in [-0.2, 0) is 16.1 Å². The highest BCUT2D eigenvalue weighted by molar-refractivity contribution is 6.06. The van der Waals surface area contributed by atoms with Gasteiger partial charge in [-0.05, 0) is 25.0 Å². The molecule has 1 atom stereocenters. The first-order valence-corrected chi connectivity index (χ1v) is 7.71. The van der Waals surface area contributed by atoms with Crippen molar-refractivity contribution in [2.24, 2.45) is 0 Å². The molecule has 4 heteroatoms. The summed E-state index contributed by atoms with van der Waals surface area (Å²) in [6, 6.07) is 13.4. The Morgan fingerprint density at radius 3 is 2.48 bits per heavy atom. The van der Waals surface area contributed by atoms with Crippen LogP contribution < -0.4 is 10.2 Å². The fourth-order valence-electron chi connectivity index (χ4n) is 3.06. The molecule has 0 saturated carbocycles. The van der Waals surface area contributed by atoms with Gasteiger partial charge >= 0.3 is 0 Å². The van der Waals surface area contributed by atoms with Gasteiger partial charge in [-0.3, -0.25) is 9.59 Å². The first kappa shape index (κ1) is 15.3. The summed E-state index contributed by atoms with van der Waals surface area (Å²) in [5.74, 6) is -0.280. The minimum Gasteiger partial charge on any atom is -0.341 e. The number of hydrogen-bond acceptors (Lipinski definition) is 2. The highest BCUT2D eigenvalue weighted by Crippen LogP contribution is 2.39. The molecule has 0 radical (unpaired) electrons. The Morgan fingerprint density at radius 2 is 1.83 bits per heavy atom. The zero-order valence-corrected chi connectivity index (χ0v) is 13.6. The SMILES string of the molecule is CC(=O)N[C@H]1C(=O)N(Cc2ccc(C)cc2)c2c(C)cccc21. The average Bonchev–Trinajstić information content (AvgIpc) is 2.76. The molecule has 0 saturated heterocycles. The lowest BCUT2D eigenvalue weighted by Crippen LogP contribution is -2.36. The van der Waals surface area contributed by atoms with E-state index in [-0.39, 0.29) is 11.8 Å². The van der Waals surface area contributed by atoms with Crippen LogP contribution in [0.25, 0.3) is 0 Å². The summed E-state index contributed by atoms with van der Waals surface area (Å²) in [4.78, 5) is 26.1. The van der Waals surface area contributed by atoms with E-state index < -0.39 is 6.04 Å². The summed E-state index contributed by atoms with van der Waals surface area (Å²) in [5, 5.41) is 2.77. The predicted octanol–water partition coefficient (Wildman–Crippen LogP) is 3.03. The van der Waals surface area contributed by atoms with Crippen molar-refractivity contribution >= 4 is 17.5 Å². The van der Waals surface area contributed by atoms with Crippen molar-refractivity contribution in [3.63, 3.8) is 0 Å². The highest BCUT2D eigenvalue weighted by atomic mass is 16.2. The molecule has 2 aromatic rings. The number of amides is 2. The summed E-state index contributed by atoms with van der Waals surface area (Å²) in [7, 11) is 0. The molecule has 23 heavy (non-hydrogen) atoms. The molecule has 0 spiro atoms. The Morgan fingerprint density at radius 1 is 1.13 bits per heavy atom. The third kappa shape index (κ3) is 2.84. The number of nitrogens with one attached hydrogen (secondary N) is 1. The van der Waals surface area contributed by atoms with Crippen molar-refractivity contribution in [1.29, 1.82) is 0 Å². The van der Waals surface area contributed by atoms with Gasteiger partial charge in [-0.2, -0.15) is 0 Å². The van der Waals surface area contributed by atoms with Crippen molar-refractivity contribution in [1.82, 2.24) is 5.32 Å². The number of rotatable bonds is 3. The molecule has 118 valence electrons. The number of hydrogen-bond donors (Lipinski definition) is 1. The quantitative estimate of drug-likeness (QED) is 0.947. The second-order valence-electron chi connectivity index (χ2n) is 6.06. The third-order valence-electron chi connectivity index (χ3n) is 4.17. The Bertz CT molecular complexity index is 765. The van der Waals surface area contributed by atoms with E-state index in [1.165, 1.54) is 12.5 Å². The van der Waals surface area contributed by atoms with Crippen LogP contribution in [0.1, 0.15) is 35.2 Å². The van der Waals surface area contributed by atoms with Crippen molar-refractivity contribution in [3.05, 3.63) is 64.7 Å². The number of benzene rings is 2. The number of para-hydroxylation sites is 1. The highest BCUT2D eigenvalue weighted by Gasteiger charge is 2.38. The van der Waals surface area contributed by atoms with Crippen molar-refractivity contribution < 1.29 is 9.59 Å². The molecule has 3 rings (SSSR count). The second-order valence-corrected chi connectivity index (χ2v) is 6.06. The van der Waals surface area contributed by atoms with E-state index in [0.29, 0.717) is 6.54 Å². The number of carbonyl (C=O) groups is 2. The predicted molar refractivity (Wildman–Crippen MR) is 90.1 cm³/mol. The summed E-state index contributed by atoms with van der Waals surface area (Å²) in [6.45, 7) is 5.97. The molecule has 0 bridgehead atoms. The molecule has 1 heterocycles. The van der Waals surface area contributed by atoms with Gasteiger partial charge in [0.2, 0.25) is 5.91 Å². The maximum atomic E-state index is 12.8. The molecule has 2 aromatic carbocycles. The lowest BCUT2D eigenvalue weighted by Gasteiger charge is -2.20. The van der Waals surface area contributed by atoms with Crippen LogP contribution in [0.5, 0.6) is 0 Å². The Kier molecular flexibility index (Phi) is 3.90. The molecule has 1 N–H and O–H groups in total. The van der Waals surface area contributed by atoms with Crippen LogP contribution in [0.2, 0.25) is 0 Å². The molecule has 1 aliphatic heterocycles. The maximum absolute atomic E-state index is 12.8. The number of carbonyl (C=O) groups excluding carboxylic acids is 2. The topological polar surface area (TPSA) is 49.4 Å².